The molecule has 6 heteroatoms. The Morgan fingerprint density at radius 2 is 1.87 bits per heavy atom. The van der Waals surface area contributed by atoms with E-state index in [9.17, 15) is 13.2 Å². The molecule has 0 spiro atoms. The molecule has 0 aliphatic heterocycles. The molecular formula is C9H4Cl2F3I. The molecule has 0 aliphatic carbocycles. The van der Waals surface area contributed by atoms with Gasteiger partial charge in [0.1, 0.15) is 3.58 Å². The van der Waals surface area contributed by atoms with Gasteiger partial charge in [0, 0.05) is 5.02 Å². The van der Waals surface area contributed by atoms with Gasteiger partial charge < -0.3 is 0 Å². The Bertz CT molecular complexity index is 399. The maximum absolute atomic E-state index is 12.3. The lowest BCUT2D eigenvalue weighted by Gasteiger charge is -2.08. The van der Waals surface area contributed by atoms with Crippen molar-refractivity contribution in [1.29, 1.82) is 0 Å². The van der Waals surface area contributed by atoms with Crippen LogP contribution in [0, 0.1) is 0 Å². The van der Waals surface area contributed by atoms with Gasteiger partial charge in [0.25, 0.3) is 0 Å². The van der Waals surface area contributed by atoms with Crippen LogP contribution in [0.4, 0.5) is 13.2 Å². The van der Waals surface area contributed by atoms with Crippen LogP contribution in [0.25, 0.3) is 5.03 Å². The molecule has 82 valence electrons. The maximum Gasteiger partial charge on any atom is 0.423 e. The fourth-order valence-corrected chi connectivity index (χ4v) is 1.60. The highest BCUT2D eigenvalue weighted by Gasteiger charge is 2.34. The molecule has 0 saturated carbocycles. The van der Waals surface area contributed by atoms with Gasteiger partial charge in [-0.05, 0) is 40.3 Å². The highest BCUT2D eigenvalue weighted by atomic mass is 127. The SMILES string of the molecule is FC(F)(F)/C(I)=C(\Cl)c1cccc(Cl)c1. The topological polar surface area (TPSA) is 0 Å². The molecule has 0 N–H and O–H groups in total. The van der Waals surface area contributed by atoms with Crippen LogP contribution in [0.1, 0.15) is 5.56 Å². The standard InChI is InChI=1S/C9H4Cl2F3I/c10-6-3-1-2-5(4-6)7(11)8(15)9(12,13)14/h1-4H/b8-7+. The summed E-state index contributed by atoms with van der Waals surface area (Å²) in [5, 5.41) is 0.00243. The summed E-state index contributed by atoms with van der Waals surface area (Å²) < 4.78 is 36.1. The maximum atomic E-state index is 12.3. The van der Waals surface area contributed by atoms with E-state index in [1.807, 2.05) is 0 Å². The quantitative estimate of drug-likeness (QED) is 0.596. The van der Waals surface area contributed by atoms with Gasteiger partial charge >= 0.3 is 6.18 Å². The molecule has 0 aliphatic rings. The van der Waals surface area contributed by atoms with E-state index in [-0.39, 0.29) is 10.6 Å². The Balaban J connectivity index is 3.19. The Hall–Kier alpha value is 0.0600. The highest BCUT2D eigenvalue weighted by Crippen LogP contribution is 2.39. The van der Waals surface area contributed by atoms with E-state index >= 15 is 0 Å². The third-order valence-electron chi connectivity index (χ3n) is 1.52. The first-order chi connectivity index (χ1) is 6.82. The molecule has 0 bridgehead atoms. The summed E-state index contributed by atoms with van der Waals surface area (Å²) in [6, 6.07) is 5.96. The van der Waals surface area contributed by atoms with Gasteiger partial charge in [-0.25, -0.2) is 0 Å². The zero-order chi connectivity index (χ0) is 11.6. The second-order valence-corrected chi connectivity index (χ2v) is 4.53. The van der Waals surface area contributed by atoms with Crippen LogP contribution in [0.5, 0.6) is 0 Å². The molecule has 1 aromatic rings. The number of hydrogen-bond donors (Lipinski definition) is 0. The number of hydrogen-bond acceptors (Lipinski definition) is 0. The number of halogens is 6. The third-order valence-corrected chi connectivity index (χ3v) is 3.63. The third kappa shape index (κ3) is 3.53. The van der Waals surface area contributed by atoms with Crippen LogP contribution >= 0.6 is 45.8 Å². The van der Waals surface area contributed by atoms with Crippen molar-refractivity contribution in [2.24, 2.45) is 0 Å². The molecule has 0 nitrogen and oxygen atoms in total. The minimum atomic E-state index is -4.43. The predicted octanol–water partition coefficient (Wildman–Crippen LogP) is 5.24. The summed E-state index contributed by atoms with van der Waals surface area (Å²) >= 11 is 12.4. The molecule has 0 unspecified atom stereocenters. The van der Waals surface area contributed by atoms with Crippen LogP contribution in [0.3, 0.4) is 0 Å². The van der Waals surface area contributed by atoms with E-state index in [0.717, 1.165) is 0 Å². The lowest BCUT2D eigenvalue weighted by Crippen LogP contribution is -2.07. The zero-order valence-corrected chi connectivity index (χ0v) is 10.7. The molecular weight excluding hydrogens is 363 g/mol. The van der Waals surface area contributed by atoms with Gasteiger partial charge in [-0.3, -0.25) is 0 Å². The van der Waals surface area contributed by atoms with Crippen molar-refractivity contribution < 1.29 is 13.2 Å². The number of rotatable bonds is 1. The number of alkyl halides is 3. The Morgan fingerprint density at radius 1 is 1.27 bits per heavy atom. The van der Waals surface area contributed by atoms with E-state index in [1.165, 1.54) is 34.7 Å². The zero-order valence-electron chi connectivity index (χ0n) is 7.08. The molecule has 0 fully saturated rings. The van der Waals surface area contributed by atoms with E-state index in [4.69, 9.17) is 23.2 Å². The summed E-state index contributed by atoms with van der Waals surface area (Å²) in [7, 11) is 0. The lowest BCUT2D eigenvalue weighted by atomic mass is 10.2. The molecule has 0 radical (unpaired) electrons. The summed E-state index contributed by atoms with van der Waals surface area (Å²) in [5.74, 6) is 0. The van der Waals surface area contributed by atoms with Crippen molar-refractivity contribution >= 4 is 50.8 Å². The molecule has 0 saturated heterocycles. The van der Waals surface area contributed by atoms with E-state index in [0.29, 0.717) is 5.02 Å². The van der Waals surface area contributed by atoms with Gasteiger partial charge in [-0.1, -0.05) is 35.3 Å². The Labute approximate surface area is 108 Å². The van der Waals surface area contributed by atoms with Crippen LogP contribution in [-0.4, -0.2) is 6.18 Å². The van der Waals surface area contributed by atoms with Gasteiger partial charge in [0.05, 0.1) is 5.03 Å². The molecule has 0 amide bonds. The Morgan fingerprint density at radius 3 is 2.33 bits per heavy atom. The minimum Gasteiger partial charge on any atom is -0.166 e. The van der Waals surface area contributed by atoms with Crippen molar-refractivity contribution in [2.75, 3.05) is 0 Å². The number of allylic oxidation sites excluding steroid dienone is 1. The average molecular weight is 367 g/mol. The van der Waals surface area contributed by atoms with Crippen molar-refractivity contribution in [2.45, 2.75) is 6.18 Å². The molecule has 1 rings (SSSR count). The van der Waals surface area contributed by atoms with Crippen molar-refractivity contribution in [3.63, 3.8) is 0 Å². The molecule has 1 aromatic carbocycles. The first kappa shape index (κ1) is 13.1. The van der Waals surface area contributed by atoms with Gasteiger partial charge in [0.15, 0.2) is 0 Å². The summed E-state index contributed by atoms with van der Waals surface area (Å²) in [4.78, 5) is 0. The summed E-state index contributed by atoms with van der Waals surface area (Å²) in [6.45, 7) is 0. The van der Waals surface area contributed by atoms with Gasteiger partial charge in [0.2, 0.25) is 0 Å². The second kappa shape index (κ2) is 4.93. The van der Waals surface area contributed by atoms with Crippen LogP contribution in [0.2, 0.25) is 5.02 Å². The fraction of sp³-hybridized carbons (Fsp3) is 0.111. The number of benzene rings is 1. The average Bonchev–Trinajstić information content (AvgIpc) is 2.14. The van der Waals surface area contributed by atoms with E-state index < -0.39 is 9.76 Å². The van der Waals surface area contributed by atoms with Crippen LogP contribution in [-0.2, 0) is 0 Å². The fourth-order valence-electron chi connectivity index (χ4n) is 0.876. The van der Waals surface area contributed by atoms with Gasteiger partial charge in [-0.2, -0.15) is 13.2 Å². The summed E-state index contributed by atoms with van der Waals surface area (Å²) in [6.07, 6.45) is -4.43. The summed E-state index contributed by atoms with van der Waals surface area (Å²) in [5.41, 5.74) is 0.255. The highest BCUT2D eigenvalue weighted by molar-refractivity contribution is 14.1. The van der Waals surface area contributed by atoms with Crippen LogP contribution in [0.15, 0.2) is 27.8 Å². The largest absolute Gasteiger partial charge is 0.423 e. The first-order valence-electron chi connectivity index (χ1n) is 3.71. The van der Waals surface area contributed by atoms with E-state index in [1.54, 1.807) is 12.1 Å². The van der Waals surface area contributed by atoms with Crippen LogP contribution < -0.4 is 0 Å². The van der Waals surface area contributed by atoms with Crippen molar-refractivity contribution in [1.82, 2.24) is 0 Å². The minimum absolute atomic E-state index is 0.255. The monoisotopic (exact) mass is 366 g/mol. The predicted molar refractivity (Wildman–Crippen MR) is 64.3 cm³/mol. The molecule has 0 atom stereocenters. The molecule has 0 aromatic heterocycles. The second-order valence-electron chi connectivity index (χ2n) is 2.64. The van der Waals surface area contributed by atoms with Crippen molar-refractivity contribution in [3.8, 4) is 0 Å². The normalized spacial score (nSPS) is 13.7. The molecule has 15 heavy (non-hydrogen) atoms. The van der Waals surface area contributed by atoms with E-state index in [2.05, 4.69) is 0 Å². The van der Waals surface area contributed by atoms with Crippen molar-refractivity contribution in [3.05, 3.63) is 38.4 Å². The smallest absolute Gasteiger partial charge is 0.166 e. The first-order valence-corrected chi connectivity index (χ1v) is 5.54. The Kier molecular flexibility index (Phi) is 4.31. The molecule has 0 heterocycles. The lowest BCUT2D eigenvalue weighted by molar-refractivity contribution is -0.0810. The van der Waals surface area contributed by atoms with Gasteiger partial charge in [-0.15, -0.1) is 0 Å².